The maximum absolute atomic E-state index is 10.2. The Morgan fingerprint density at radius 1 is 1.30 bits per heavy atom. The fourth-order valence-corrected chi connectivity index (χ4v) is 3.54. The van der Waals surface area contributed by atoms with Crippen LogP contribution in [0.25, 0.3) is 0 Å². The van der Waals surface area contributed by atoms with E-state index < -0.39 is 0 Å². The third-order valence-electron chi connectivity index (χ3n) is 4.39. The summed E-state index contributed by atoms with van der Waals surface area (Å²) >= 11 is 3.46. The second kappa shape index (κ2) is 6.59. The van der Waals surface area contributed by atoms with Gasteiger partial charge in [-0.2, -0.15) is 0 Å². The third-order valence-corrected chi connectivity index (χ3v) is 4.92. The molecule has 3 heteroatoms. The molecule has 2 unspecified atom stereocenters. The Morgan fingerprint density at radius 2 is 1.95 bits per heavy atom. The van der Waals surface area contributed by atoms with Crippen LogP contribution in [0.2, 0.25) is 0 Å². The lowest BCUT2D eigenvalue weighted by Crippen LogP contribution is -2.39. The monoisotopic (exact) mass is 339 g/mol. The molecule has 0 saturated heterocycles. The maximum Gasteiger partial charge on any atom is 0.0581 e. The summed E-state index contributed by atoms with van der Waals surface area (Å²) in [6.07, 6.45) is 3.08. The van der Waals surface area contributed by atoms with Crippen LogP contribution < -0.4 is 0 Å². The van der Waals surface area contributed by atoms with E-state index in [1.165, 1.54) is 5.56 Å². The molecular formula is C17H26BrNO. The molecule has 1 aromatic carbocycles. The minimum absolute atomic E-state index is 0.129. The summed E-state index contributed by atoms with van der Waals surface area (Å²) in [6.45, 7) is 6.55. The molecule has 2 atom stereocenters. The van der Waals surface area contributed by atoms with E-state index in [1.54, 1.807) is 0 Å². The van der Waals surface area contributed by atoms with Crippen LogP contribution in [0.15, 0.2) is 28.7 Å². The highest BCUT2D eigenvalue weighted by molar-refractivity contribution is 9.10. The highest BCUT2D eigenvalue weighted by Crippen LogP contribution is 2.39. The van der Waals surface area contributed by atoms with Crippen molar-refractivity contribution in [2.45, 2.75) is 45.8 Å². The van der Waals surface area contributed by atoms with E-state index >= 15 is 0 Å². The molecule has 0 spiro atoms. The van der Waals surface area contributed by atoms with Gasteiger partial charge in [0, 0.05) is 17.6 Å². The van der Waals surface area contributed by atoms with E-state index in [2.05, 4.69) is 66.0 Å². The largest absolute Gasteiger partial charge is 0.393 e. The molecule has 1 N–H and O–H groups in total. The van der Waals surface area contributed by atoms with Gasteiger partial charge in [-0.15, -0.1) is 0 Å². The van der Waals surface area contributed by atoms with Crippen LogP contribution in [0, 0.1) is 11.3 Å². The molecule has 0 amide bonds. The Hall–Kier alpha value is -0.380. The average Bonchev–Trinajstić information content (AvgIpc) is 2.36. The van der Waals surface area contributed by atoms with E-state index in [0.717, 1.165) is 36.8 Å². The maximum atomic E-state index is 10.2. The molecule has 0 aliphatic heterocycles. The lowest BCUT2D eigenvalue weighted by atomic mass is 9.71. The topological polar surface area (TPSA) is 23.5 Å². The van der Waals surface area contributed by atoms with Crippen molar-refractivity contribution >= 4 is 15.9 Å². The molecule has 20 heavy (non-hydrogen) atoms. The van der Waals surface area contributed by atoms with E-state index in [4.69, 9.17) is 0 Å². The van der Waals surface area contributed by atoms with Crippen molar-refractivity contribution in [3.63, 3.8) is 0 Å². The van der Waals surface area contributed by atoms with Gasteiger partial charge in [-0.1, -0.05) is 41.9 Å². The first-order chi connectivity index (χ1) is 9.35. The first kappa shape index (κ1) is 16.0. The summed E-state index contributed by atoms with van der Waals surface area (Å²) in [7, 11) is 2.15. The summed E-state index contributed by atoms with van der Waals surface area (Å²) in [5, 5.41) is 10.2. The van der Waals surface area contributed by atoms with Gasteiger partial charge in [0.2, 0.25) is 0 Å². The van der Waals surface area contributed by atoms with Crippen molar-refractivity contribution in [1.82, 2.24) is 4.90 Å². The van der Waals surface area contributed by atoms with Crippen molar-refractivity contribution in [2.24, 2.45) is 11.3 Å². The van der Waals surface area contributed by atoms with Gasteiger partial charge in [-0.25, -0.2) is 0 Å². The molecule has 1 saturated carbocycles. The van der Waals surface area contributed by atoms with Gasteiger partial charge >= 0.3 is 0 Å². The summed E-state index contributed by atoms with van der Waals surface area (Å²) in [5.74, 6) is 0.402. The second-order valence-electron chi connectivity index (χ2n) is 7.06. The quantitative estimate of drug-likeness (QED) is 0.893. The van der Waals surface area contributed by atoms with Crippen LogP contribution in [0.5, 0.6) is 0 Å². The molecule has 0 bridgehead atoms. The summed E-state index contributed by atoms with van der Waals surface area (Å²) in [4.78, 5) is 2.33. The van der Waals surface area contributed by atoms with E-state index in [9.17, 15) is 5.11 Å². The molecular weight excluding hydrogens is 314 g/mol. The SMILES string of the molecule is CN(Cc1ccc(Br)cc1)CC1CC(C)(C)CCC1O. The second-order valence-corrected chi connectivity index (χ2v) is 7.97. The Bertz CT molecular complexity index is 429. The zero-order valence-electron chi connectivity index (χ0n) is 12.8. The van der Waals surface area contributed by atoms with Crippen LogP contribution in [0.1, 0.15) is 38.7 Å². The number of nitrogens with zero attached hydrogens (tertiary/aromatic N) is 1. The molecule has 112 valence electrons. The molecule has 1 aliphatic rings. The number of hydrogen-bond donors (Lipinski definition) is 1. The number of aliphatic hydroxyl groups excluding tert-OH is 1. The average molecular weight is 340 g/mol. The smallest absolute Gasteiger partial charge is 0.0581 e. The molecule has 0 aromatic heterocycles. The van der Waals surface area contributed by atoms with Crippen LogP contribution in [0.3, 0.4) is 0 Å². The van der Waals surface area contributed by atoms with E-state index in [-0.39, 0.29) is 6.10 Å². The number of rotatable bonds is 4. The number of aliphatic hydroxyl groups is 1. The van der Waals surface area contributed by atoms with Gasteiger partial charge in [0.25, 0.3) is 0 Å². The van der Waals surface area contributed by atoms with Crippen molar-refractivity contribution in [3.05, 3.63) is 34.3 Å². The molecule has 2 nitrogen and oxygen atoms in total. The first-order valence-corrected chi connectivity index (χ1v) is 8.26. The lowest BCUT2D eigenvalue weighted by Gasteiger charge is -2.40. The van der Waals surface area contributed by atoms with Gasteiger partial charge < -0.3 is 10.0 Å². The zero-order valence-corrected chi connectivity index (χ0v) is 14.4. The van der Waals surface area contributed by atoms with Crippen molar-refractivity contribution in [1.29, 1.82) is 0 Å². The Kier molecular flexibility index (Phi) is 5.27. The zero-order chi connectivity index (χ0) is 14.8. The van der Waals surface area contributed by atoms with Crippen LogP contribution in [-0.2, 0) is 6.54 Å². The van der Waals surface area contributed by atoms with E-state index in [0.29, 0.717) is 11.3 Å². The van der Waals surface area contributed by atoms with Gasteiger partial charge in [0.15, 0.2) is 0 Å². The third kappa shape index (κ3) is 4.57. The molecule has 1 aliphatic carbocycles. The molecule has 1 fully saturated rings. The summed E-state index contributed by atoms with van der Waals surface area (Å²) in [6, 6.07) is 8.48. The predicted molar refractivity (Wildman–Crippen MR) is 87.6 cm³/mol. The standard InChI is InChI=1S/C17H26BrNO/c1-17(2)9-8-16(20)14(10-17)12-19(3)11-13-4-6-15(18)7-5-13/h4-7,14,16,20H,8-12H2,1-3H3. The summed E-state index contributed by atoms with van der Waals surface area (Å²) in [5.41, 5.74) is 1.70. The van der Waals surface area contributed by atoms with Crippen LogP contribution >= 0.6 is 15.9 Å². The molecule has 0 radical (unpaired) electrons. The van der Waals surface area contributed by atoms with Crippen molar-refractivity contribution in [3.8, 4) is 0 Å². The number of benzene rings is 1. The molecule has 0 heterocycles. The van der Waals surface area contributed by atoms with Crippen LogP contribution in [-0.4, -0.2) is 29.7 Å². The van der Waals surface area contributed by atoms with Gasteiger partial charge in [-0.3, -0.25) is 0 Å². The first-order valence-electron chi connectivity index (χ1n) is 7.47. The molecule has 1 aromatic rings. The number of hydrogen-bond acceptors (Lipinski definition) is 2. The van der Waals surface area contributed by atoms with Gasteiger partial charge in [0.1, 0.15) is 0 Å². The highest BCUT2D eigenvalue weighted by atomic mass is 79.9. The van der Waals surface area contributed by atoms with Gasteiger partial charge in [0.05, 0.1) is 6.10 Å². The predicted octanol–water partition coefficient (Wildman–Crippen LogP) is 4.07. The fourth-order valence-electron chi connectivity index (χ4n) is 3.27. The summed E-state index contributed by atoms with van der Waals surface area (Å²) < 4.78 is 1.12. The Labute approximate surface area is 131 Å². The number of halogens is 1. The van der Waals surface area contributed by atoms with Crippen molar-refractivity contribution < 1.29 is 5.11 Å². The van der Waals surface area contributed by atoms with E-state index in [1.807, 2.05) is 0 Å². The fraction of sp³-hybridized carbons (Fsp3) is 0.647. The molecule has 2 rings (SSSR count). The Morgan fingerprint density at radius 3 is 2.60 bits per heavy atom. The van der Waals surface area contributed by atoms with Crippen LogP contribution in [0.4, 0.5) is 0 Å². The van der Waals surface area contributed by atoms with Gasteiger partial charge in [-0.05, 0) is 55.3 Å². The Balaban J connectivity index is 1.90. The lowest BCUT2D eigenvalue weighted by molar-refractivity contribution is 0.00673. The van der Waals surface area contributed by atoms with Crippen molar-refractivity contribution in [2.75, 3.05) is 13.6 Å². The highest BCUT2D eigenvalue weighted by Gasteiger charge is 2.34. The minimum atomic E-state index is -0.129. The minimum Gasteiger partial charge on any atom is -0.393 e. The normalized spacial score (nSPS) is 25.9.